The van der Waals surface area contributed by atoms with Gasteiger partial charge in [-0.25, -0.2) is 0 Å². The minimum atomic E-state index is 0.573. The van der Waals surface area contributed by atoms with E-state index in [1.54, 1.807) is 0 Å². The van der Waals surface area contributed by atoms with E-state index in [9.17, 15) is 0 Å². The molecule has 0 aromatic heterocycles. The van der Waals surface area contributed by atoms with Gasteiger partial charge in [-0.3, -0.25) is 0 Å². The fourth-order valence-electron chi connectivity index (χ4n) is 3.28. The van der Waals surface area contributed by atoms with Crippen molar-refractivity contribution in [3.8, 4) is 12.1 Å². The van der Waals surface area contributed by atoms with Gasteiger partial charge in [-0.2, -0.15) is 10.5 Å². The van der Waals surface area contributed by atoms with Crippen molar-refractivity contribution in [1.82, 2.24) is 0 Å². The maximum atomic E-state index is 8.82. The lowest BCUT2D eigenvalue weighted by Gasteiger charge is -2.25. The Kier molecular flexibility index (Phi) is 3.07. The van der Waals surface area contributed by atoms with Crippen molar-refractivity contribution in [2.24, 2.45) is 23.7 Å². The molecule has 2 heteroatoms. The smallest absolute Gasteiger partial charge is 0.0625 e. The molecule has 78 valence electrons. The molecule has 0 aromatic carbocycles. The summed E-state index contributed by atoms with van der Waals surface area (Å²) in [6, 6.07) is 4.52. The first-order chi connectivity index (χ1) is 7.36. The van der Waals surface area contributed by atoms with E-state index in [1.807, 2.05) is 0 Å². The van der Waals surface area contributed by atoms with E-state index in [1.165, 1.54) is 6.42 Å². The molecule has 2 rings (SSSR count). The second kappa shape index (κ2) is 4.49. The van der Waals surface area contributed by atoms with Crippen LogP contribution in [0.4, 0.5) is 0 Å². The second-order valence-electron chi connectivity index (χ2n) is 4.69. The SMILES string of the molecule is N#CCCCC1C2C=CC(C2)C1CC#N. The van der Waals surface area contributed by atoms with Gasteiger partial charge in [0.15, 0.2) is 0 Å². The van der Waals surface area contributed by atoms with Crippen LogP contribution in [0.2, 0.25) is 0 Å². The van der Waals surface area contributed by atoms with Crippen molar-refractivity contribution in [3.05, 3.63) is 12.2 Å². The van der Waals surface area contributed by atoms with Crippen LogP contribution in [0.1, 0.15) is 32.1 Å². The molecule has 0 radical (unpaired) electrons. The molecule has 2 bridgehead atoms. The standard InChI is InChI=1S/C13H16N2/c14-7-2-1-3-12-10-4-5-11(9-10)13(12)6-8-15/h4-5,10-13H,1-3,6,9H2. The van der Waals surface area contributed by atoms with Gasteiger partial charge in [-0.05, 0) is 42.9 Å². The van der Waals surface area contributed by atoms with Crippen molar-refractivity contribution in [3.63, 3.8) is 0 Å². The van der Waals surface area contributed by atoms with Gasteiger partial charge in [0.25, 0.3) is 0 Å². The normalized spacial score (nSPS) is 36.4. The van der Waals surface area contributed by atoms with Crippen molar-refractivity contribution < 1.29 is 0 Å². The Morgan fingerprint density at radius 1 is 1.07 bits per heavy atom. The van der Waals surface area contributed by atoms with Crippen LogP contribution in [0, 0.1) is 46.3 Å². The third-order valence-corrected chi connectivity index (χ3v) is 3.95. The number of hydrogen-bond acceptors (Lipinski definition) is 2. The third-order valence-electron chi connectivity index (χ3n) is 3.95. The molecule has 0 N–H and O–H groups in total. The fourth-order valence-corrected chi connectivity index (χ4v) is 3.28. The average molecular weight is 200 g/mol. The van der Waals surface area contributed by atoms with E-state index in [0.717, 1.165) is 12.8 Å². The largest absolute Gasteiger partial charge is 0.198 e. The van der Waals surface area contributed by atoms with Crippen molar-refractivity contribution in [1.29, 1.82) is 10.5 Å². The Labute approximate surface area is 91.2 Å². The third kappa shape index (κ3) is 1.90. The molecule has 0 saturated heterocycles. The van der Waals surface area contributed by atoms with Crippen LogP contribution < -0.4 is 0 Å². The molecule has 1 fully saturated rings. The zero-order valence-corrected chi connectivity index (χ0v) is 8.89. The van der Waals surface area contributed by atoms with E-state index >= 15 is 0 Å². The Bertz CT molecular complexity index is 331. The van der Waals surface area contributed by atoms with Gasteiger partial charge in [-0.15, -0.1) is 0 Å². The minimum absolute atomic E-state index is 0.573. The summed E-state index contributed by atoms with van der Waals surface area (Å²) in [6.07, 6.45) is 9.37. The number of unbranched alkanes of at least 4 members (excludes halogenated alkanes) is 1. The predicted molar refractivity (Wildman–Crippen MR) is 57.4 cm³/mol. The molecule has 1 saturated carbocycles. The average Bonchev–Trinajstić information content (AvgIpc) is 2.81. The number of rotatable bonds is 4. The van der Waals surface area contributed by atoms with E-state index in [0.29, 0.717) is 36.5 Å². The lowest BCUT2D eigenvalue weighted by molar-refractivity contribution is 0.291. The van der Waals surface area contributed by atoms with E-state index in [-0.39, 0.29) is 0 Å². The van der Waals surface area contributed by atoms with Crippen LogP contribution in [0.15, 0.2) is 12.2 Å². The molecule has 0 heterocycles. The van der Waals surface area contributed by atoms with Gasteiger partial charge in [0.1, 0.15) is 0 Å². The summed E-state index contributed by atoms with van der Waals surface area (Å²) >= 11 is 0. The number of fused-ring (bicyclic) bond motifs is 2. The van der Waals surface area contributed by atoms with Crippen LogP contribution in [0.3, 0.4) is 0 Å². The van der Waals surface area contributed by atoms with Gasteiger partial charge in [0.05, 0.1) is 12.1 Å². The zero-order chi connectivity index (χ0) is 10.7. The Balaban J connectivity index is 1.94. The van der Waals surface area contributed by atoms with Crippen LogP contribution in [-0.2, 0) is 0 Å². The maximum Gasteiger partial charge on any atom is 0.0625 e. The van der Waals surface area contributed by atoms with Gasteiger partial charge in [0.2, 0.25) is 0 Å². The van der Waals surface area contributed by atoms with Crippen molar-refractivity contribution in [2.75, 3.05) is 0 Å². The summed E-state index contributed by atoms with van der Waals surface area (Å²) in [4.78, 5) is 0. The van der Waals surface area contributed by atoms with E-state index in [4.69, 9.17) is 10.5 Å². The number of allylic oxidation sites excluding steroid dienone is 2. The van der Waals surface area contributed by atoms with Gasteiger partial charge < -0.3 is 0 Å². The van der Waals surface area contributed by atoms with Crippen LogP contribution in [-0.4, -0.2) is 0 Å². The lowest BCUT2D eigenvalue weighted by Crippen LogP contribution is -2.19. The molecule has 0 spiro atoms. The van der Waals surface area contributed by atoms with E-state index < -0.39 is 0 Å². The molecule has 15 heavy (non-hydrogen) atoms. The summed E-state index contributed by atoms with van der Waals surface area (Å²) < 4.78 is 0. The molecular formula is C13H16N2. The zero-order valence-electron chi connectivity index (χ0n) is 8.89. The highest BCUT2D eigenvalue weighted by Crippen LogP contribution is 2.51. The Hall–Kier alpha value is -1.28. The molecule has 0 amide bonds. The van der Waals surface area contributed by atoms with Crippen LogP contribution in [0.25, 0.3) is 0 Å². The molecule has 2 nitrogen and oxygen atoms in total. The Morgan fingerprint density at radius 3 is 2.47 bits per heavy atom. The van der Waals surface area contributed by atoms with Crippen LogP contribution in [0.5, 0.6) is 0 Å². The molecular weight excluding hydrogens is 184 g/mol. The highest BCUT2D eigenvalue weighted by molar-refractivity contribution is 5.14. The molecule has 2 aliphatic rings. The second-order valence-corrected chi connectivity index (χ2v) is 4.69. The first-order valence-electron chi connectivity index (χ1n) is 5.79. The van der Waals surface area contributed by atoms with Gasteiger partial charge in [-0.1, -0.05) is 12.2 Å². The van der Waals surface area contributed by atoms with Gasteiger partial charge >= 0.3 is 0 Å². The van der Waals surface area contributed by atoms with Crippen molar-refractivity contribution >= 4 is 0 Å². The first kappa shape index (κ1) is 10.2. The van der Waals surface area contributed by atoms with E-state index in [2.05, 4.69) is 24.3 Å². The Morgan fingerprint density at radius 2 is 1.80 bits per heavy atom. The quantitative estimate of drug-likeness (QED) is 0.517. The summed E-state index contributed by atoms with van der Waals surface area (Å²) in [5.74, 6) is 2.60. The fraction of sp³-hybridized carbons (Fsp3) is 0.692. The summed E-state index contributed by atoms with van der Waals surface area (Å²) in [5, 5.41) is 17.3. The lowest BCUT2D eigenvalue weighted by atomic mass is 9.78. The molecule has 0 aliphatic heterocycles. The summed E-state index contributed by atoms with van der Waals surface area (Å²) in [5.41, 5.74) is 0. The first-order valence-corrected chi connectivity index (χ1v) is 5.79. The van der Waals surface area contributed by atoms with Crippen molar-refractivity contribution in [2.45, 2.75) is 32.1 Å². The molecule has 4 unspecified atom stereocenters. The number of nitrogens with zero attached hydrogens (tertiary/aromatic N) is 2. The van der Waals surface area contributed by atoms with Crippen LogP contribution >= 0.6 is 0 Å². The topological polar surface area (TPSA) is 47.6 Å². The molecule has 0 aromatic rings. The minimum Gasteiger partial charge on any atom is -0.198 e. The predicted octanol–water partition coefficient (Wildman–Crippen LogP) is 3.03. The highest BCUT2D eigenvalue weighted by Gasteiger charge is 2.43. The van der Waals surface area contributed by atoms with Gasteiger partial charge in [0, 0.05) is 12.8 Å². The maximum absolute atomic E-state index is 8.82. The number of hydrogen-bond donors (Lipinski definition) is 0. The monoisotopic (exact) mass is 200 g/mol. The summed E-state index contributed by atoms with van der Waals surface area (Å²) in [7, 11) is 0. The molecule has 4 atom stereocenters. The summed E-state index contributed by atoms with van der Waals surface area (Å²) in [6.45, 7) is 0. The highest BCUT2D eigenvalue weighted by atomic mass is 14.5. The molecule has 2 aliphatic carbocycles. The number of nitriles is 2.